The van der Waals surface area contributed by atoms with Gasteiger partial charge < -0.3 is 0 Å². The van der Waals surface area contributed by atoms with Crippen LogP contribution in [-0.2, 0) is 0 Å². The van der Waals surface area contributed by atoms with E-state index in [0.29, 0.717) is 17.5 Å². The third-order valence-electron chi connectivity index (χ3n) is 10.3. The molecule has 10 aromatic rings. The maximum Gasteiger partial charge on any atom is 0.164 e. The highest BCUT2D eigenvalue weighted by atomic mass is 15.0. The Labute approximate surface area is 313 Å². The van der Waals surface area contributed by atoms with Crippen molar-refractivity contribution in [2.24, 2.45) is 0 Å². The Morgan fingerprint density at radius 3 is 1.19 bits per heavy atom. The van der Waals surface area contributed by atoms with Crippen molar-refractivity contribution in [1.82, 2.24) is 15.0 Å². The first-order valence-electron chi connectivity index (χ1n) is 18.3. The van der Waals surface area contributed by atoms with Gasteiger partial charge in [0.05, 0.1) is 0 Å². The molecule has 0 saturated carbocycles. The summed E-state index contributed by atoms with van der Waals surface area (Å²) in [6, 6.07) is 70.6. The van der Waals surface area contributed by atoms with E-state index in [1.807, 2.05) is 6.07 Å². The fourth-order valence-electron chi connectivity index (χ4n) is 7.59. The van der Waals surface area contributed by atoms with E-state index in [2.05, 4.69) is 194 Å². The molecule has 3 heteroatoms. The number of hydrogen-bond donors (Lipinski definition) is 0. The van der Waals surface area contributed by atoms with E-state index < -0.39 is 0 Å². The second-order valence-corrected chi connectivity index (χ2v) is 13.6. The normalized spacial score (nSPS) is 11.3. The molecule has 0 aliphatic rings. The van der Waals surface area contributed by atoms with E-state index in [-0.39, 0.29) is 0 Å². The van der Waals surface area contributed by atoms with Crippen molar-refractivity contribution in [3.05, 3.63) is 200 Å². The number of nitrogens with zero attached hydrogens (tertiary/aromatic N) is 3. The second kappa shape index (κ2) is 13.4. The number of hydrogen-bond acceptors (Lipinski definition) is 3. The van der Waals surface area contributed by atoms with Gasteiger partial charge in [0.2, 0.25) is 0 Å². The van der Waals surface area contributed by atoms with E-state index in [4.69, 9.17) is 15.0 Å². The zero-order chi connectivity index (χ0) is 35.8. The molecule has 9 aromatic carbocycles. The van der Waals surface area contributed by atoms with E-state index in [9.17, 15) is 0 Å². The summed E-state index contributed by atoms with van der Waals surface area (Å²) >= 11 is 0. The van der Waals surface area contributed by atoms with Crippen molar-refractivity contribution >= 4 is 32.3 Å². The standard InChI is InChI=1S/C51H33N3/c1-2-11-34(12-3-1)35-21-27-39(28-22-35)49-52-50(40-29-23-37(24-30-40)45-20-10-16-36-13-4-7-17-44(36)45)54-51(53-49)41-31-25-38(26-32-41)48-46-18-8-5-14-42(46)33-43-15-6-9-19-47(43)48/h1-33H. The lowest BCUT2D eigenvalue weighted by molar-refractivity contribution is 1.07. The lowest BCUT2D eigenvalue weighted by Crippen LogP contribution is -2.00. The molecule has 1 heterocycles. The zero-order valence-corrected chi connectivity index (χ0v) is 29.4. The molecular formula is C51H33N3. The fourth-order valence-corrected chi connectivity index (χ4v) is 7.59. The summed E-state index contributed by atoms with van der Waals surface area (Å²) in [5.41, 5.74) is 9.86. The number of fused-ring (bicyclic) bond motifs is 3. The van der Waals surface area contributed by atoms with Gasteiger partial charge in [-0.3, -0.25) is 0 Å². The molecule has 0 saturated heterocycles. The second-order valence-electron chi connectivity index (χ2n) is 13.6. The van der Waals surface area contributed by atoms with E-state index in [0.717, 1.165) is 33.4 Å². The molecule has 0 unspecified atom stereocenters. The van der Waals surface area contributed by atoms with Crippen molar-refractivity contribution in [3.8, 4) is 67.5 Å². The molecule has 54 heavy (non-hydrogen) atoms. The molecule has 0 amide bonds. The summed E-state index contributed by atoms with van der Waals surface area (Å²) in [5.74, 6) is 1.90. The third-order valence-corrected chi connectivity index (χ3v) is 10.3. The molecule has 10 rings (SSSR count). The maximum absolute atomic E-state index is 5.10. The Balaban J connectivity index is 1.07. The fraction of sp³-hybridized carbons (Fsp3) is 0. The molecule has 1 aromatic heterocycles. The van der Waals surface area contributed by atoms with Crippen LogP contribution >= 0.6 is 0 Å². The lowest BCUT2D eigenvalue weighted by Gasteiger charge is -2.13. The third kappa shape index (κ3) is 5.78. The summed E-state index contributed by atoms with van der Waals surface area (Å²) in [5, 5.41) is 7.39. The van der Waals surface area contributed by atoms with Gasteiger partial charge in [0.15, 0.2) is 17.5 Å². The smallest absolute Gasteiger partial charge is 0.164 e. The van der Waals surface area contributed by atoms with Crippen LogP contribution < -0.4 is 0 Å². The van der Waals surface area contributed by atoms with Gasteiger partial charge in [0, 0.05) is 16.7 Å². The molecule has 0 atom stereocenters. The van der Waals surface area contributed by atoms with Gasteiger partial charge in [-0.05, 0) is 71.8 Å². The van der Waals surface area contributed by atoms with Crippen molar-refractivity contribution < 1.29 is 0 Å². The summed E-state index contributed by atoms with van der Waals surface area (Å²) in [7, 11) is 0. The predicted molar refractivity (Wildman–Crippen MR) is 225 cm³/mol. The predicted octanol–water partition coefficient (Wildman–Crippen LogP) is 13.3. The van der Waals surface area contributed by atoms with Gasteiger partial charge in [-0.25, -0.2) is 15.0 Å². The molecule has 252 valence electrons. The molecule has 0 radical (unpaired) electrons. The Kier molecular flexibility index (Phi) is 7.81. The molecule has 0 N–H and O–H groups in total. The van der Waals surface area contributed by atoms with Crippen LogP contribution in [0.3, 0.4) is 0 Å². The monoisotopic (exact) mass is 687 g/mol. The Morgan fingerprint density at radius 1 is 0.241 bits per heavy atom. The van der Waals surface area contributed by atoms with Crippen LogP contribution in [-0.4, -0.2) is 15.0 Å². The van der Waals surface area contributed by atoms with Gasteiger partial charge >= 0.3 is 0 Å². The number of benzene rings is 9. The first-order valence-corrected chi connectivity index (χ1v) is 18.3. The van der Waals surface area contributed by atoms with Crippen LogP contribution in [0.15, 0.2) is 200 Å². The van der Waals surface area contributed by atoms with Gasteiger partial charge in [-0.2, -0.15) is 0 Å². The van der Waals surface area contributed by atoms with Crippen LogP contribution in [0, 0.1) is 0 Å². The molecule has 3 nitrogen and oxygen atoms in total. The molecule has 0 aliphatic carbocycles. The molecule has 0 spiro atoms. The van der Waals surface area contributed by atoms with Crippen molar-refractivity contribution in [2.75, 3.05) is 0 Å². The highest BCUT2D eigenvalue weighted by Gasteiger charge is 2.15. The van der Waals surface area contributed by atoms with Crippen LogP contribution in [0.5, 0.6) is 0 Å². The molecule has 0 bridgehead atoms. The summed E-state index contributed by atoms with van der Waals surface area (Å²) in [6.45, 7) is 0. The Morgan fingerprint density at radius 2 is 0.630 bits per heavy atom. The van der Waals surface area contributed by atoms with Crippen LogP contribution in [0.1, 0.15) is 0 Å². The Bertz CT molecular complexity index is 2890. The minimum Gasteiger partial charge on any atom is -0.208 e. The minimum atomic E-state index is 0.634. The summed E-state index contributed by atoms with van der Waals surface area (Å²) in [4.78, 5) is 15.2. The number of aromatic nitrogens is 3. The summed E-state index contributed by atoms with van der Waals surface area (Å²) < 4.78 is 0. The topological polar surface area (TPSA) is 38.7 Å². The van der Waals surface area contributed by atoms with Gasteiger partial charge in [0.25, 0.3) is 0 Å². The average molecular weight is 688 g/mol. The minimum absolute atomic E-state index is 0.634. The van der Waals surface area contributed by atoms with E-state index in [1.165, 1.54) is 49.0 Å². The van der Waals surface area contributed by atoms with Gasteiger partial charge in [-0.15, -0.1) is 0 Å². The van der Waals surface area contributed by atoms with E-state index >= 15 is 0 Å². The number of rotatable bonds is 6. The molecular weight excluding hydrogens is 655 g/mol. The highest BCUT2D eigenvalue weighted by Crippen LogP contribution is 2.38. The highest BCUT2D eigenvalue weighted by molar-refractivity contribution is 6.12. The quantitative estimate of drug-likeness (QED) is 0.163. The van der Waals surface area contributed by atoms with Crippen LogP contribution in [0.4, 0.5) is 0 Å². The maximum atomic E-state index is 5.10. The lowest BCUT2D eigenvalue weighted by atomic mass is 9.92. The van der Waals surface area contributed by atoms with Crippen LogP contribution in [0.25, 0.3) is 99.9 Å². The van der Waals surface area contributed by atoms with Crippen molar-refractivity contribution in [2.45, 2.75) is 0 Å². The van der Waals surface area contributed by atoms with Gasteiger partial charge in [0.1, 0.15) is 0 Å². The molecule has 0 fully saturated rings. The summed E-state index contributed by atoms with van der Waals surface area (Å²) in [6.07, 6.45) is 0. The average Bonchev–Trinajstić information content (AvgIpc) is 3.25. The van der Waals surface area contributed by atoms with Crippen molar-refractivity contribution in [3.63, 3.8) is 0 Å². The van der Waals surface area contributed by atoms with Crippen molar-refractivity contribution in [1.29, 1.82) is 0 Å². The van der Waals surface area contributed by atoms with E-state index in [1.54, 1.807) is 0 Å². The van der Waals surface area contributed by atoms with Gasteiger partial charge in [-0.1, -0.05) is 194 Å². The first-order chi connectivity index (χ1) is 26.7. The van der Waals surface area contributed by atoms with Crippen LogP contribution in [0.2, 0.25) is 0 Å². The Hall–Kier alpha value is -7.23. The zero-order valence-electron chi connectivity index (χ0n) is 29.4. The SMILES string of the molecule is c1ccc(-c2ccc(-c3nc(-c4ccc(-c5cccc6ccccc56)cc4)nc(-c4ccc(-c5c6ccccc6cc6ccccc56)cc4)n3)cc2)cc1. The molecule has 0 aliphatic heterocycles. The largest absolute Gasteiger partial charge is 0.208 e. The first kappa shape index (κ1) is 31.5.